The van der Waals surface area contributed by atoms with Crippen LogP contribution < -0.4 is 0 Å². The molecule has 0 fully saturated rings. The van der Waals surface area contributed by atoms with E-state index in [0.717, 1.165) is 12.1 Å². The zero-order chi connectivity index (χ0) is 15.2. The van der Waals surface area contributed by atoms with Gasteiger partial charge in [-0.1, -0.05) is 27.2 Å². The van der Waals surface area contributed by atoms with E-state index in [4.69, 9.17) is 5.11 Å². The normalized spacial score (nSPS) is 10.8. The number of benzene rings is 1. The van der Waals surface area contributed by atoms with Crippen LogP contribution in [0.1, 0.15) is 30.5 Å². The van der Waals surface area contributed by atoms with Gasteiger partial charge in [0.05, 0.1) is 12.2 Å². The van der Waals surface area contributed by atoms with Crippen LogP contribution in [0.3, 0.4) is 0 Å². The molecule has 1 heterocycles. The van der Waals surface area contributed by atoms with E-state index < -0.39 is 5.97 Å². The molecule has 0 atom stereocenters. The highest BCUT2D eigenvalue weighted by molar-refractivity contribution is 9.10. The molecular weight excluding hydrogens is 341 g/mol. The fourth-order valence-electron chi connectivity index (χ4n) is 1.94. The van der Waals surface area contributed by atoms with Gasteiger partial charge >= 0.3 is 5.97 Å². The standard InChI is InChI=1S/C14H15BrFN3O2/c15-11-6-5-10(13(16)7-11)8-19-9-12(17-18-19)3-1-2-4-14(20)21/h5-7,9H,1-4,8H2,(H,20,21). The highest BCUT2D eigenvalue weighted by Gasteiger charge is 2.06. The average molecular weight is 356 g/mol. The monoisotopic (exact) mass is 355 g/mol. The van der Waals surface area contributed by atoms with Gasteiger partial charge in [-0.15, -0.1) is 5.10 Å². The molecule has 1 aromatic carbocycles. The molecule has 2 aromatic rings. The van der Waals surface area contributed by atoms with E-state index in [1.165, 1.54) is 6.07 Å². The van der Waals surface area contributed by atoms with Gasteiger partial charge in [-0.05, 0) is 31.4 Å². The topological polar surface area (TPSA) is 68.0 Å². The summed E-state index contributed by atoms with van der Waals surface area (Å²) in [5.41, 5.74) is 1.33. The molecule has 5 nitrogen and oxygen atoms in total. The van der Waals surface area contributed by atoms with Crippen LogP contribution >= 0.6 is 15.9 Å². The number of halogens is 2. The Hall–Kier alpha value is -1.76. The molecule has 0 radical (unpaired) electrons. The third-order valence-corrected chi connectivity index (χ3v) is 3.50. The molecule has 0 saturated carbocycles. The fourth-order valence-corrected chi connectivity index (χ4v) is 2.27. The summed E-state index contributed by atoms with van der Waals surface area (Å²) < 4.78 is 16.0. The van der Waals surface area contributed by atoms with Crippen molar-refractivity contribution in [2.75, 3.05) is 0 Å². The zero-order valence-corrected chi connectivity index (χ0v) is 12.9. The number of hydrogen-bond donors (Lipinski definition) is 1. The van der Waals surface area contributed by atoms with Crippen molar-refractivity contribution in [2.24, 2.45) is 0 Å². The SMILES string of the molecule is O=C(O)CCCCc1cn(Cc2ccc(Br)cc2F)nn1. The molecule has 21 heavy (non-hydrogen) atoms. The van der Waals surface area contributed by atoms with Crippen LogP contribution in [0.4, 0.5) is 4.39 Å². The predicted octanol–water partition coefficient (Wildman–Crippen LogP) is 3.03. The maximum atomic E-state index is 13.7. The maximum Gasteiger partial charge on any atom is 0.303 e. The molecule has 112 valence electrons. The zero-order valence-electron chi connectivity index (χ0n) is 11.3. The highest BCUT2D eigenvalue weighted by atomic mass is 79.9. The summed E-state index contributed by atoms with van der Waals surface area (Å²) >= 11 is 3.21. The van der Waals surface area contributed by atoms with Crippen molar-refractivity contribution >= 4 is 21.9 Å². The van der Waals surface area contributed by atoms with Crippen LogP contribution in [0.2, 0.25) is 0 Å². The molecule has 0 aliphatic carbocycles. The molecule has 2 rings (SSSR count). The van der Waals surface area contributed by atoms with Crippen LogP contribution in [0.15, 0.2) is 28.9 Å². The quantitative estimate of drug-likeness (QED) is 0.775. The summed E-state index contributed by atoms with van der Waals surface area (Å²) in [6.45, 7) is 0.321. The second kappa shape index (κ2) is 7.31. The van der Waals surface area contributed by atoms with Crippen molar-refractivity contribution in [3.63, 3.8) is 0 Å². The Labute approximate surface area is 129 Å². The Morgan fingerprint density at radius 2 is 2.19 bits per heavy atom. The number of aryl methyl sites for hydroxylation is 1. The number of nitrogens with zero attached hydrogens (tertiary/aromatic N) is 3. The van der Waals surface area contributed by atoms with E-state index in [1.807, 2.05) is 0 Å². The predicted molar refractivity (Wildman–Crippen MR) is 78.4 cm³/mol. The van der Waals surface area contributed by atoms with Gasteiger partial charge < -0.3 is 5.11 Å². The first-order chi connectivity index (χ1) is 10.0. The van der Waals surface area contributed by atoms with Crippen molar-refractivity contribution in [2.45, 2.75) is 32.2 Å². The lowest BCUT2D eigenvalue weighted by atomic mass is 10.1. The minimum atomic E-state index is -0.788. The Kier molecular flexibility index (Phi) is 5.44. The number of carboxylic acids is 1. The first kappa shape index (κ1) is 15.6. The minimum absolute atomic E-state index is 0.165. The molecule has 0 bridgehead atoms. The van der Waals surface area contributed by atoms with Gasteiger partial charge in [-0.3, -0.25) is 4.79 Å². The van der Waals surface area contributed by atoms with Crippen LogP contribution in [0.5, 0.6) is 0 Å². The van der Waals surface area contributed by atoms with Crippen molar-refractivity contribution in [3.8, 4) is 0 Å². The molecule has 0 aliphatic heterocycles. The smallest absolute Gasteiger partial charge is 0.303 e. The summed E-state index contributed by atoms with van der Waals surface area (Å²) in [6, 6.07) is 4.90. The second-order valence-electron chi connectivity index (χ2n) is 4.74. The Morgan fingerprint density at radius 3 is 2.90 bits per heavy atom. The van der Waals surface area contributed by atoms with E-state index in [1.54, 1.807) is 23.0 Å². The van der Waals surface area contributed by atoms with Gasteiger partial charge in [-0.25, -0.2) is 9.07 Å². The number of carbonyl (C=O) groups is 1. The number of aliphatic carboxylic acids is 1. The van der Waals surface area contributed by atoms with Crippen LogP contribution in [0, 0.1) is 5.82 Å². The van der Waals surface area contributed by atoms with E-state index in [-0.39, 0.29) is 12.2 Å². The Balaban J connectivity index is 1.89. The number of carboxylic acid groups (broad SMARTS) is 1. The number of hydrogen-bond acceptors (Lipinski definition) is 3. The summed E-state index contributed by atoms with van der Waals surface area (Å²) in [7, 11) is 0. The maximum absolute atomic E-state index is 13.7. The largest absolute Gasteiger partial charge is 0.481 e. The molecular formula is C14H15BrFN3O2. The van der Waals surface area contributed by atoms with Crippen molar-refractivity contribution in [1.82, 2.24) is 15.0 Å². The van der Waals surface area contributed by atoms with Gasteiger partial charge in [0, 0.05) is 22.7 Å². The summed E-state index contributed by atoms with van der Waals surface area (Å²) in [5.74, 6) is -1.08. The van der Waals surface area contributed by atoms with Crippen LogP contribution in [-0.4, -0.2) is 26.1 Å². The summed E-state index contributed by atoms with van der Waals surface area (Å²) in [5, 5.41) is 16.5. The molecule has 1 aromatic heterocycles. The highest BCUT2D eigenvalue weighted by Crippen LogP contribution is 2.16. The molecule has 0 saturated heterocycles. The molecule has 7 heteroatoms. The molecule has 0 aliphatic rings. The van der Waals surface area contributed by atoms with Crippen molar-refractivity contribution in [1.29, 1.82) is 0 Å². The van der Waals surface area contributed by atoms with E-state index >= 15 is 0 Å². The summed E-state index contributed by atoms with van der Waals surface area (Å²) in [6.07, 6.45) is 3.97. The van der Waals surface area contributed by atoms with Gasteiger partial charge in [0.2, 0.25) is 0 Å². The lowest BCUT2D eigenvalue weighted by Crippen LogP contribution is -2.02. The van der Waals surface area contributed by atoms with E-state index in [9.17, 15) is 9.18 Å². The van der Waals surface area contributed by atoms with E-state index in [2.05, 4.69) is 26.2 Å². The fraction of sp³-hybridized carbons (Fsp3) is 0.357. The van der Waals surface area contributed by atoms with Crippen LogP contribution in [-0.2, 0) is 17.8 Å². The van der Waals surface area contributed by atoms with Crippen molar-refractivity contribution < 1.29 is 14.3 Å². The number of unbranched alkanes of at least 4 members (excludes halogenated alkanes) is 1. The lowest BCUT2D eigenvalue weighted by molar-refractivity contribution is -0.137. The molecule has 0 amide bonds. The lowest BCUT2D eigenvalue weighted by Gasteiger charge is -2.03. The summed E-state index contributed by atoms with van der Waals surface area (Å²) in [4.78, 5) is 10.4. The molecule has 0 spiro atoms. The van der Waals surface area contributed by atoms with Gasteiger partial charge in [0.15, 0.2) is 0 Å². The third kappa shape index (κ3) is 4.93. The Morgan fingerprint density at radius 1 is 1.38 bits per heavy atom. The molecule has 0 unspecified atom stereocenters. The second-order valence-corrected chi connectivity index (χ2v) is 5.66. The van der Waals surface area contributed by atoms with Gasteiger partial charge in [0.25, 0.3) is 0 Å². The van der Waals surface area contributed by atoms with E-state index in [0.29, 0.717) is 29.4 Å². The Bertz CT molecular complexity index is 630. The number of aromatic nitrogens is 3. The third-order valence-electron chi connectivity index (χ3n) is 3.01. The number of rotatable bonds is 7. The average Bonchev–Trinajstić information content (AvgIpc) is 2.85. The van der Waals surface area contributed by atoms with Gasteiger partial charge in [-0.2, -0.15) is 0 Å². The first-order valence-electron chi connectivity index (χ1n) is 6.59. The van der Waals surface area contributed by atoms with Crippen molar-refractivity contribution in [3.05, 3.63) is 45.9 Å². The van der Waals surface area contributed by atoms with Crippen LogP contribution in [0.25, 0.3) is 0 Å². The molecule has 1 N–H and O–H groups in total. The van der Waals surface area contributed by atoms with Gasteiger partial charge in [0.1, 0.15) is 5.82 Å². The first-order valence-corrected chi connectivity index (χ1v) is 7.38. The minimum Gasteiger partial charge on any atom is -0.481 e.